The molecule has 156 valence electrons. The molecule has 29 heavy (non-hydrogen) atoms. The summed E-state index contributed by atoms with van der Waals surface area (Å²) >= 11 is 6.27. The molecule has 0 spiro atoms. The minimum atomic E-state index is -3.82. The monoisotopic (exact) mass is 448 g/mol. The van der Waals surface area contributed by atoms with Crippen molar-refractivity contribution in [2.75, 3.05) is 6.26 Å². The zero-order chi connectivity index (χ0) is 21.4. The first-order chi connectivity index (χ1) is 13.3. The van der Waals surface area contributed by atoms with E-state index < -0.39 is 28.0 Å². The van der Waals surface area contributed by atoms with Crippen molar-refractivity contribution in [2.45, 2.75) is 31.8 Å². The molecule has 0 saturated carbocycles. The van der Waals surface area contributed by atoms with Gasteiger partial charge in [0.2, 0.25) is 21.5 Å². The first-order valence-electron chi connectivity index (χ1n) is 8.30. The van der Waals surface area contributed by atoms with Gasteiger partial charge in [-0.15, -0.1) is 8.78 Å². The van der Waals surface area contributed by atoms with Crippen LogP contribution in [0.25, 0.3) is 0 Å². The summed E-state index contributed by atoms with van der Waals surface area (Å²) in [6.45, 7) is 3.02. The number of nitrogens with one attached hydrogen (secondary N) is 1. The Morgan fingerprint density at radius 1 is 1.21 bits per heavy atom. The summed E-state index contributed by atoms with van der Waals surface area (Å²) in [4.78, 5) is 0. The molecule has 1 unspecified atom stereocenters. The molecule has 1 atom stereocenters. The third-order valence-corrected chi connectivity index (χ3v) is 5.36. The highest BCUT2D eigenvalue weighted by Gasteiger charge is 2.50. The minimum Gasteiger partial charge on any atom is -0.621 e. The lowest BCUT2D eigenvalue weighted by Gasteiger charge is -2.19. The van der Waals surface area contributed by atoms with E-state index in [-0.39, 0.29) is 39.3 Å². The van der Waals surface area contributed by atoms with Gasteiger partial charge in [0.05, 0.1) is 17.9 Å². The van der Waals surface area contributed by atoms with Crippen molar-refractivity contribution in [1.82, 2.24) is 4.72 Å². The van der Waals surface area contributed by atoms with E-state index in [0.717, 1.165) is 6.26 Å². The van der Waals surface area contributed by atoms with Crippen molar-refractivity contribution in [1.29, 1.82) is 0 Å². The molecule has 0 amide bonds. The van der Waals surface area contributed by atoms with Gasteiger partial charge >= 0.3 is 12.0 Å². The molecule has 12 heteroatoms. The van der Waals surface area contributed by atoms with E-state index in [1.165, 1.54) is 38.1 Å². The fourth-order valence-corrected chi connectivity index (χ4v) is 4.13. The zero-order valence-electron chi connectivity index (χ0n) is 15.3. The standard InChI is InChI=1S/C17H15ClF2N2O6S/c1-16(2)22(23)14-8(4-5-11(15(14)28-16)21-29(3,24)25)9-6-12-13(7-10(9)18)27-17(19,20)26-12/h4-8,21H,1-3H3. The summed E-state index contributed by atoms with van der Waals surface area (Å²) in [6.07, 6.45) is 0.0868. The molecule has 0 saturated heterocycles. The number of benzene rings is 1. The van der Waals surface area contributed by atoms with Crippen molar-refractivity contribution >= 4 is 27.3 Å². The first kappa shape index (κ1) is 19.8. The van der Waals surface area contributed by atoms with E-state index in [1.54, 1.807) is 0 Å². The van der Waals surface area contributed by atoms with E-state index in [0.29, 0.717) is 4.74 Å². The number of alkyl halides is 2. The van der Waals surface area contributed by atoms with Crippen LogP contribution in [-0.4, -0.2) is 37.1 Å². The maximum Gasteiger partial charge on any atom is 0.586 e. The molecule has 0 bridgehead atoms. The van der Waals surface area contributed by atoms with Crippen molar-refractivity contribution in [2.24, 2.45) is 0 Å². The number of hydrogen-bond donors (Lipinski definition) is 1. The fraction of sp³-hybridized carbons (Fsp3) is 0.353. The highest BCUT2D eigenvalue weighted by Crippen LogP contribution is 2.47. The Labute approximate surface area is 169 Å². The van der Waals surface area contributed by atoms with Crippen LogP contribution < -0.4 is 14.2 Å². The third-order valence-electron chi connectivity index (χ3n) is 4.44. The van der Waals surface area contributed by atoms with Crippen LogP contribution in [0.2, 0.25) is 5.02 Å². The van der Waals surface area contributed by atoms with E-state index >= 15 is 0 Å². The van der Waals surface area contributed by atoms with E-state index in [9.17, 15) is 22.4 Å². The molecule has 1 aromatic carbocycles. The molecule has 2 heterocycles. The van der Waals surface area contributed by atoms with Crippen LogP contribution in [0.4, 0.5) is 8.78 Å². The molecule has 1 aromatic rings. The molecule has 1 aliphatic carbocycles. The number of hydrogen-bond acceptors (Lipinski definition) is 6. The van der Waals surface area contributed by atoms with Crippen LogP contribution >= 0.6 is 11.6 Å². The number of fused-ring (bicyclic) bond motifs is 2. The lowest BCUT2D eigenvalue weighted by molar-refractivity contribution is -0.580. The average molecular weight is 449 g/mol. The van der Waals surface area contributed by atoms with Crippen LogP contribution in [0.3, 0.4) is 0 Å². The fourth-order valence-electron chi connectivity index (χ4n) is 3.30. The largest absolute Gasteiger partial charge is 0.621 e. The molecule has 0 radical (unpaired) electrons. The lowest BCUT2D eigenvalue weighted by Crippen LogP contribution is -2.32. The Bertz CT molecular complexity index is 1130. The van der Waals surface area contributed by atoms with E-state index in [2.05, 4.69) is 14.2 Å². The second-order valence-electron chi connectivity index (χ2n) is 7.17. The normalized spacial score (nSPS) is 23.9. The molecule has 8 nitrogen and oxygen atoms in total. The van der Waals surface area contributed by atoms with Gasteiger partial charge in [0.1, 0.15) is 0 Å². The molecular formula is C17H15ClF2N2O6S. The highest BCUT2D eigenvalue weighted by molar-refractivity contribution is 7.88. The van der Waals surface area contributed by atoms with E-state index in [4.69, 9.17) is 16.3 Å². The third kappa shape index (κ3) is 3.38. The summed E-state index contributed by atoms with van der Waals surface area (Å²) in [5, 5.41) is 13.0. The Hall–Kier alpha value is -2.53. The van der Waals surface area contributed by atoms with Gasteiger partial charge in [-0.2, -0.15) is 4.74 Å². The summed E-state index contributed by atoms with van der Waals surface area (Å²) in [6, 6.07) is 2.43. The van der Waals surface area contributed by atoms with Crippen molar-refractivity contribution in [3.8, 4) is 11.5 Å². The summed E-state index contributed by atoms with van der Waals surface area (Å²) in [5.74, 6) is -1.23. The summed E-state index contributed by atoms with van der Waals surface area (Å²) < 4.78 is 67.5. The van der Waals surface area contributed by atoms with Crippen molar-refractivity contribution in [3.05, 3.63) is 51.5 Å². The van der Waals surface area contributed by atoms with Crippen LogP contribution in [0.5, 0.6) is 11.5 Å². The van der Waals surface area contributed by atoms with Crippen molar-refractivity contribution < 1.29 is 36.1 Å². The second-order valence-corrected chi connectivity index (χ2v) is 9.33. The highest BCUT2D eigenvalue weighted by atomic mass is 35.5. The molecule has 1 N–H and O–H groups in total. The van der Waals surface area contributed by atoms with Gasteiger partial charge in [-0.3, -0.25) is 4.72 Å². The van der Waals surface area contributed by atoms with Gasteiger partial charge in [0, 0.05) is 24.9 Å². The SMILES string of the molecule is CC1(C)OC2=C(NS(C)(=O)=O)C=CC(c3cc4c(cc3Cl)OC(F)(F)O4)C2=[N+]1[O-]. The second kappa shape index (κ2) is 5.99. The van der Waals surface area contributed by atoms with Gasteiger partial charge < -0.3 is 19.4 Å². The van der Waals surface area contributed by atoms with Gasteiger partial charge in [0.25, 0.3) is 0 Å². The van der Waals surface area contributed by atoms with Crippen LogP contribution in [0.15, 0.2) is 35.7 Å². The predicted octanol–water partition coefficient (Wildman–Crippen LogP) is 2.79. The molecule has 0 aromatic heterocycles. The Morgan fingerprint density at radius 2 is 1.83 bits per heavy atom. The number of hydroxylamine groups is 1. The number of allylic oxidation sites excluding steroid dienone is 3. The molecule has 3 aliphatic rings. The molecular weight excluding hydrogens is 434 g/mol. The maximum atomic E-state index is 13.4. The molecule has 4 rings (SSSR count). The maximum absolute atomic E-state index is 13.4. The minimum absolute atomic E-state index is 0.0296. The number of rotatable bonds is 3. The molecule has 2 aliphatic heterocycles. The average Bonchev–Trinajstić information content (AvgIpc) is 2.98. The Kier molecular flexibility index (Phi) is 4.08. The van der Waals surface area contributed by atoms with Crippen molar-refractivity contribution in [3.63, 3.8) is 0 Å². The Balaban J connectivity index is 1.84. The number of ether oxygens (including phenoxy) is 3. The Morgan fingerprint density at radius 3 is 2.45 bits per heavy atom. The quantitative estimate of drug-likeness (QED) is 0.564. The number of halogens is 3. The predicted molar refractivity (Wildman–Crippen MR) is 98.3 cm³/mol. The van der Waals surface area contributed by atoms with Crippen LogP contribution in [0, 0.1) is 5.21 Å². The van der Waals surface area contributed by atoms with Crippen LogP contribution in [0.1, 0.15) is 25.3 Å². The van der Waals surface area contributed by atoms with Gasteiger partial charge in [-0.05, 0) is 17.7 Å². The number of nitrogens with zero attached hydrogens (tertiary/aromatic N) is 1. The van der Waals surface area contributed by atoms with Gasteiger partial charge in [-0.1, -0.05) is 17.7 Å². The first-order valence-corrected chi connectivity index (χ1v) is 10.6. The summed E-state index contributed by atoms with van der Waals surface area (Å²) in [7, 11) is -3.65. The number of sulfonamides is 1. The lowest BCUT2D eigenvalue weighted by atomic mass is 9.88. The van der Waals surface area contributed by atoms with Gasteiger partial charge in [0.15, 0.2) is 11.5 Å². The zero-order valence-corrected chi connectivity index (χ0v) is 16.9. The molecule has 0 fully saturated rings. The smallest absolute Gasteiger partial charge is 0.586 e. The van der Waals surface area contributed by atoms with Gasteiger partial charge in [-0.25, -0.2) is 8.42 Å². The topological polar surface area (TPSA) is 99.9 Å². The van der Waals surface area contributed by atoms with E-state index in [1.807, 2.05) is 0 Å². The van der Waals surface area contributed by atoms with Crippen LogP contribution in [-0.2, 0) is 14.8 Å². The summed E-state index contributed by atoms with van der Waals surface area (Å²) in [5.41, 5.74) is -0.879.